The van der Waals surface area contributed by atoms with E-state index in [1.165, 1.54) is 32.4 Å². The number of hydrogen-bond donors (Lipinski definition) is 0. The lowest BCUT2D eigenvalue weighted by Crippen LogP contribution is -2.11. The molecule has 18 heavy (non-hydrogen) atoms. The molecule has 0 N–H and O–H groups in total. The highest BCUT2D eigenvalue weighted by Crippen LogP contribution is 2.28. The largest absolute Gasteiger partial charge is 0.497 e. The Morgan fingerprint density at radius 3 is 2.39 bits per heavy atom. The van der Waals surface area contributed by atoms with Crippen molar-refractivity contribution in [3.8, 4) is 11.5 Å². The molecule has 0 aliphatic carbocycles. The monoisotopic (exact) mass is 262 g/mol. The lowest BCUT2D eigenvalue weighted by molar-refractivity contribution is -0.133. The van der Waals surface area contributed by atoms with Crippen LogP contribution in [0.3, 0.4) is 0 Å². The summed E-state index contributed by atoms with van der Waals surface area (Å²) < 4.78 is 46.0. The summed E-state index contributed by atoms with van der Waals surface area (Å²) in [4.78, 5) is 11.6. The number of alkyl halides is 3. The summed E-state index contributed by atoms with van der Waals surface area (Å²) in [5, 5.41) is 0. The number of Topliss-reactive ketones (excluding diaryl/α,β-unsaturated/α-hetero) is 1. The summed E-state index contributed by atoms with van der Waals surface area (Å²) in [5.74, 6) is 0.0765. The smallest absolute Gasteiger partial charge is 0.389 e. The van der Waals surface area contributed by atoms with Crippen LogP contribution in [0, 0.1) is 0 Å². The van der Waals surface area contributed by atoms with Crippen molar-refractivity contribution in [2.45, 2.75) is 19.0 Å². The summed E-state index contributed by atoms with van der Waals surface area (Å²) in [6.45, 7) is 0. The summed E-state index contributed by atoms with van der Waals surface area (Å²) in [6, 6.07) is 4.36. The van der Waals surface area contributed by atoms with E-state index in [2.05, 4.69) is 0 Å². The summed E-state index contributed by atoms with van der Waals surface area (Å²) in [5.41, 5.74) is 0.127. The van der Waals surface area contributed by atoms with E-state index in [1.54, 1.807) is 0 Å². The van der Waals surface area contributed by atoms with Crippen LogP contribution in [0.15, 0.2) is 18.2 Å². The van der Waals surface area contributed by atoms with Gasteiger partial charge < -0.3 is 9.47 Å². The molecule has 1 aromatic rings. The van der Waals surface area contributed by atoms with E-state index in [0.29, 0.717) is 5.75 Å². The zero-order chi connectivity index (χ0) is 13.8. The minimum absolute atomic E-state index is 0.127. The first-order chi connectivity index (χ1) is 8.37. The van der Waals surface area contributed by atoms with Gasteiger partial charge in [0.05, 0.1) is 26.2 Å². The SMILES string of the molecule is COc1ccc(C(=O)CCC(F)(F)F)c(OC)c1. The van der Waals surface area contributed by atoms with E-state index >= 15 is 0 Å². The van der Waals surface area contributed by atoms with Crippen LogP contribution in [-0.4, -0.2) is 26.2 Å². The predicted octanol–water partition coefficient (Wildman–Crippen LogP) is 3.23. The molecule has 3 nitrogen and oxygen atoms in total. The molecule has 6 heteroatoms. The van der Waals surface area contributed by atoms with Crippen molar-refractivity contribution < 1.29 is 27.4 Å². The Balaban J connectivity index is 2.85. The van der Waals surface area contributed by atoms with Crippen LogP contribution in [0.25, 0.3) is 0 Å². The molecule has 0 radical (unpaired) electrons. The lowest BCUT2D eigenvalue weighted by Gasteiger charge is -2.10. The topological polar surface area (TPSA) is 35.5 Å². The summed E-state index contributed by atoms with van der Waals surface area (Å²) in [6.07, 6.45) is -6.07. The molecule has 0 aliphatic rings. The highest BCUT2D eigenvalue weighted by Gasteiger charge is 2.28. The van der Waals surface area contributed by atoms with Gasteiger partial charge in [-0.05, 0) is 12.1 Å². The molecule has 0 amide bonds. The van der Waals surface area contributed by atoms with E-state index in [4.69, 9.17) is 9.47 Å². The van der Waals surface area contributed by atoms with Crippen LogP contribution < -0.4 is 9.47 Å². The Hall–Kier alpha value is -1.72. The normalized spacial score (nSPS) is 11.2. The molecule has 0 atom stereocenters. The predicted molar refractivity (Wildman–Crippen MR) is 59.2 cm³/mol. The summed E-state index contributed by atoms with van der Waals surface area (Å²) >= 11 is 0. The first-order valence-electron chi connectivity index (χ1n) is 5.19. The number of carbonyl (C=O) groups excluding carboxylic acids is 1. The number of ether oxygens (including phenoxy) is 2. The van der Waals surface area contributed by atoms with Crippen LogP contribution in [0.5, 0.6) is 11.5 Å². The zero-order valence-electron chi connectivity index (χ0n) is 10.0. The number of methoxy groups -OCH3 is 2. The second kappa shape index (κ2) is 5.75. The second-order valence-corrected chi connectivity index (χ2v) is 3.60. The molecule has 0 saturated carbocycles. The Bertz CT molecular complexity index is 427. The zero-order valence-corrected chi connectivity index (χ0v) is 10.0. The van der Waals surface area contributed by atoms with Gasteiger partial charge in [0.15, 0.2) is 5.78 Å². The van der Waals surface area contributed by atoms with Crippen molar-refractivity contribution >= 4 is 5.78 Å². The van der Waals surface area contributed by atoms with Gasteiger partial charge in [-0.1, -0.05) is 0 Å². The number of benzene rings is 1. The van der Waals surface area contributed by atoms with E-state index in [0.717, 1.165) is 0 Å². The average molecular weight is 262 g/mol. The van der Waals surface area contributed by atoms with E-state index in [1.807, 2.05) is 0 Å². The van der Waals surface area contributed by atoms with Gasteiger partial charge in [0.2, 0.25) is 0 Å². The maximum atomic E-state index is 12.0. The van der Waals surface area contributed by atoms with Gasteiger partial charge in [0, 0.05) is 12.5 Å². The molecular formula is C12H13F3O3. The average Bonchev–Trinajstić information content (AvgIpc) is 2.34. The molecule has 0 fully saturated rings. The standard InChI is InChI=1S/C12H13F3O3/c1-17-8-3-4-9(11(7-8)18-2)10(16)5-6-12(13,14)15/h3-4,7H,5-6H2,1-2H3. The van der Waals surface area contributed by atoms with E-state index in [9.17, 15) is 18.0 Å². The van der Waals surface area contributed by atoms with Crippen LogP contribution in [0.4, 0.5) is 13.2 Å². The quantitative estimate of drug-likeness (QED) is 0.764. The van der Waals surface area contributed by atoms with E-state index < -0.39 is 24.8 Å². The fourth-order valence-electron chi connectivity index (χ4n) is 1.42. The van der Waals surface area contributed by atoms with Crippen LogP contribution in [0.2, 0.25) is 0 Å². The molecule has 1 rings (SSSR count). The van der Waals surface area contributed by atoms with Gasteiger partial charge in [-0.25, -0.2) is 0 Å². The minimum Gasteiger partial charge on any atom is -0.497 e. The Labute approximate surface area is 103 Å². The highest BCUT2D eigenvalue weighted by atomic mass is 19.4. The van der Waals surface area contributed by atoms with Gasteiger partial charge in [0.25, 0.3) is 0 Å². The number of hydrogen-bond acceptors (Lipinski definition) is 3. The van der Waals surface area contributed by atoms with Crippen molar-refractivity contribution in [3.63, 3.8) is 0 Å². The molecule has 0 heterocycles. The molecule has 0 bridgehead atoms. The molecule has 0 spiro atoms. The van der Waals surface area contributed by atoms with Gasteiger partial charge in [-0.15, -0.1) is 0 Å². The number of carbonyl (C=O) groups is 1. The Morgan fingerprint density at radius 1 is 1.22 bits per heavy atom. The van der Waals surface area contributed by atoms with Gasteiger partial charge in [-0.3, -0.25) is 4.79 Å². The molecule has 0 unspecified atom stereocenters. The maximum Gasteiger partial charge on any atom is 0.389 e. The molecule has 0 saturated heterocycles. The highest BCUT2D eigenvalue weighted by molar-refractivity contribution is 5.98. The summed E-state index contributed by atoms with van der Waals surface area (Å²) in [7, 11) is 2.79. The fraction of sp³-hybridized carbons (Fsp3) is 0.417. The molecule has 0 aromatic heterocycles. The van der Waals surface area contributed by atoms with Crippen LogP contribution >= 0.6 is 0 Å². The van der Waals surface area contributed by atoms with Crippen molar-refractivity contribution in [1.29, 1.82) is 0 Å². The number of halogens is 3. The second-order valence-electron chi connectivity index (χ2n) is 3.60. The van der Waals surface area contributed by atoms with Gasteiger partial charge >= 0.3 is 6.18 Å². The Kier molecular flexibility index (Phi) is 4.58. The molecule has 0 aliphatic heterocycles. The van der Waals surface area contributed by atoms with E-state index in [-0.39, 0.29) is 11.3 Å². The third-order valence-corrected chi connectivity index (χ3v) is 2.34. The molecule has 100 valence electrons. The number of rotatable bonds is 5. The van der Waals surface area contributed by atoms with Crippen molar-refractivity contribution in [3.05, 3.63) is 23.8 Å². The maximum absolute atomic E-state index is 12.0. The molecule has 1 aromatic carbocycles. The third-order valence-electron chi connectivity index (χ3n) is 2.34. The van der Waals surface area contributed by atoms with Crippen molar-refractivity contribution in [1.82, 2.24) is 0 Å². The lowest BCUT2D eigenvalue weighted by atomic mass is 10.1. The van der Waals surface area contributed by atoms with Crippen molar-refractivity contribution in [2.75, 3.05) is 14.2 Å². The van der Waals surface area contributed by atoms with Crippen LogP contribution in [0.1, 0.15) is 23.2 Å². The molecular weight excluding hydrogens is 249 g/mol. The minimum atomic E-state index is -4.34. The fourth-order valence-corrected chi connectivity index (χ4v) is 1.42. The van der Waals surface area contributed by atoms with Crippen molar-refractivity contribution in [2.24, 2.45) is 0 Å². The van der Waals surface area contributed by atoms with Gasteiger partial charge in [-0.2, -0.15) is 13.2 Å². The third kappa shape index (κ3) is 3.94. The van der Waals surface area contributed by atoms with Crippen LogP contribution in [-0.2, 0) is 0 Å². The first-order valence-corrected chi connectivity index (χ1v) is 5.19. The Morgan fingerprint density at radius 2 is 1.89 bits per heavy atom. The van der Waals surface area contributed by atoms with Gasteiger partial charge in [0.1, 0.15) is 11.5 Å². The first kappa shape index (κ1) is 14.3. The number of ketones is 1.